The van der Waals surface area contributed by atoms with Crippen LogP contribution in [0.4, 0.5) is 0 Å². The smallest absolute Gasteiger partial charge is 0.294 e. The summed E-state index contributed by atoms with van der Waals surface area (Å²) in [6.45, 7) is 4.53. The highest BCUT2D eigenvalue weighted by atomic mass is 17.0. The molecule has 0 aliphatic heterocycles. The minimum absolute atomic E-state index is 0.130. The largest absolute Gasteiger partial charge is 0.378 e. The quantitative estimate of drug-likeness (QED) is 0.495. The van der Waals surface area contributed by atoms with Crippen LogP contribution in [0.15, 0.2) is 0 Å². The molecule has 0 aromatic heterocycles. The van der Waals surface area contributed by atoms with Gasteiger partial charge < -0.3 is 9.57 Å². The lowest BCUT2D eigenvalue weighted by molar-refractivity contribution is -0.769. The van der Waals surface area contributed by atoms with Gasteiger partial charge in [-0.25, -0.2) is 0 Å². The van der Waals surface area contributed by atoms with Gasteiger partial charge >= 0.3 is 0 Å². The molecular weight excluding hydrogens is 174 g/mol. The summed E-state index contributed by atoms with van der Waals surface area (Å²) in [7, 11) is 0. The van der Waals surface area contributed by atoms with E-state index >= 15 is 0 Å². The number of hydrogen-bond acceptors (Lipinski definition) is 4. The van der Waals surface area contributed by atoms with Crippen LogP contribution in [0, 0.1) is 16.0 Å². The molecule has 1 aliphatic carbocycles. The molecule has 13 heavy (non-hydrogen) atoms. The summed E-state index contributed by atoms with van der Waals surface area (Å²) in [4.78, 5) is 14.7. The Balaban J connectivity index is 2.37. The van der Waals surface area contributed by atoms with E-state index in [1.165, 1.54) is 0 Å². The van der Waals surface area contributed by atoms with Crippen LogP contribution in [0.5, 0.6) is 0 Å². The lowest BCUT2D eigenvalue weighted by atomic mass is 10.1. The molecule has 1 fully saturated rings. The Morgan fingerprint density at radius 1 is 1.54 bits per heavy atom. The molecule has 1 saturated carbocycles. The number of rotatable bonds is 4. The highest BCUT2D eigenvalue weighted by Gasteiger charge is 2.34. The maximum Gasteiger partial charge on any atom is 0.294 e. The third kappa shape index (κ3) is 2.84. The zero-order chi connectivity index (χ0) is 9.84. The lowest BCUT2D eigenvalue weighted by Crippen LogP contribution is -2.19. The highest BCUT2D eigenvalue weighted by molar-refractivity contribution is 4.81. The van der Waals surface area contributed by atoms with Crippen LogP contribution in [0.2, 0.25) is 0 Å². The van der Waals surface area contributed by atoms with Gasteiger partial charge in [0.2, 0.25) is 0 Å². The molecule has 0 bridgehead atoms. The van der Waals surface area contributed by atoms with Crippen LogP contribution >= 0.6 is 0 Å². The fraction of sp³-hybridized carbons (Fsp3) is 1.00. The lowest BCUT2D eigenvalue weighted by Gasteiger charge is -2.11. The minimum Gasteiger partial charge on any atom is -0.378 e. The van der Waals surface area contributed by atoms with Crippen molar-refractivity contribution in [2.75, 3.05) is 6.61 Å². The van der Waals surface area contributed by atoms with Gasteiger partial charge in [0.1, 0.15) is 6.10 Å². The average Bonchev–Trinajstić information content (AvgIpc) is 2.31. The van der Waals surface area contributed by atoms with E-state index < -0.39 is 5.09 Å². The topological polar surface area (TPSA) is 61.6 Å². The first kappa shape index (κ1) is 10.2. The average molecular weight is 189 g/mol. The molecule has 5 heteroatoms. The van der Waals surface area contributed by atoms with Crippen molar-refractivity contribution >= 4 is 0 Å². The molecule has 0 saturated heterocycles. The molecule has 0 heterocycles. The maximum absolute atomic E-state index is 10.1. The van der Waals surface area contributed by atoms with Crippen molar-refractivity contribution in [3.8, 4) is 0 Å². The first-order chi connectivity index (χ1) is 6.13. The molecule has 3 unspecified atom stereocenters. The van der Waals surface area contributed by atoms with E-state index in [4.69, 9.17) is 4.74 Å². The standard InChI is InChI=1S/C8H15NO4/c1-3-12-7-4-6(2)8(5-7)13-9(10)11/h6-8H,3-5H2,1-2H3. The molecular formula is C8H15NO4. The van der Waals surface area contributed by atoms with Crippen LogP contribution in [0.1, 0.15) is 26.7 Å². The molecule has 5 nitrogen and oxygen atoms in total. The first-order valence-corrected chi connectivity index (χ1v) is 4.56. The van der Waals surface area contributed by atoms with Gasteiger partial charge in [-0.05, 0) is 19.3 Å². The third-order valence-corrected chi connectivity index (χ3v) is 2.39. The van der Waals surface area contributed by atoms with Gasteiger partial charge in [0.25, 0.3) is 5.09 Å². The zero-order valence-corrected chi connectivity index (χ0v) is 7.93. The monoisotopic (exact) mass is 189 g/mol. The van der Waals surface area contributed by atoms with E-state index in [-0.39, 0.29) is 18.1 Å². The van der Waals surface area contributed by atoms with E-state index in [9.17, 15) is 10.1 Å². The first-order valence-electron chi connectivity index (χ1n) is 4.56. The van der Waals surface area contributed by atoms with E-state index in [2.05, 4.69) is 4.84 Å². The van der Waals surface area contributed by atoms with Crippen LogP contribution in [-0.2, 0) is 9.57 Å². The van der Waals surface area contributed by atoms with E-state index in [1.54, 1.807) is 0 Å². The Morgan fingerprint density at radius 2 is 2.23 bits per heavy atom. The third-order valence-electron chi connectivity index (χ3n) is 2.39. The Bertz CT molecular complexity index is 185. The van der Waals surface area contributed by atoms with Crippen molar-refractivity contribution < 1.29 is 14.7 Å². The van der Waals surface area contributed by atoms with Gasteiger partial charge in [0.15, 0.2) is 0 Å². The Labute approximate surface area is 77.1 Å². The van der Waals surface area contributed by atoms with Crippen molar-refractivity contribution in [2.45, 2.75) is 38.9 Å². The summed E-state index contributed by atoms with van der Waals surface area (Å²) < 4.78 is 5.38. The van der Waals surface area contributed by atoms with Crippen LogP contribution < -0.4 is 0 Å². The summed E-state index contributed by atoms with van der Waals surface area (Å²) >= 11 is 0. The van der Waals surface area contributed by atoms with Crippen molar-refractivity contribution in [1.29, 1.82) is 0 Å². The maximum atomic E-state index is 10.1. The van der Waals surface area contributed by atoms with E-state index in [0.29, 0.717) is 13.0 Å². The van der Waals surface area contributed by atoms with Crippen LogP contribution in [-0.4, -0.2) is 23.9 Å². The SMILES string of the molecule is CCOC1CC(C)C(O[N+](=O)[O-])C1. The summed E-state index contributed by atoms with van der Waals surface area (Å²) in [5.74, 6) is 0.210. The molecule has 0 spiro atoms. The van der Waals surface area contributed by atoms with Gasteiger partial charge in [-0.1, -0.05) is 6.92 Å². The molecule has 1 rings (SSSR count). The minimum atomic E-state index is -0.713. The highest BCUT2D eigenvalue weighted by Crippen LogP contribution is 2.30. The number of hydrogen-bond donors (Lipinski definition) is 0. The Hall–Kier alpha value is -0.840. The molecule has 0 amide bonds. The fourth-order valence-corrected chi connectivity index (χ4v) is 1.78. The molecule has 0 aromatic rings. The van der Waals surface area contributed by atoms with Crippen molar-refractivity contribution in [3.05, 3.63) is 10.1 Å². The number of nitrogens with zero attached hydrogens (tertiary/aromatic N) is 1. The van der Waals surface area contributed by atoms with Crippen molar-refractivity contribution in [1.82, 2.24) is 0 Å². The fourth-order valence-electron chi connectivity index (χ4n) is 1.78. The molecule has 0 radical (unpaired) electrons. The molecule has 3 atom stereocenters. The second kappa shape index (κ2) is 4.41. The number of ether oxygens (including phenoxy) is 1. The predicted molar refractivity (Wildman–Crippen MR) is 45.7 cm³/mol. The van der Waals surface area contributed by atoms with Gasteiger partial charge in [-0.2, -0.15) is 0 Å². The molecule has 0 N–H and O–H groups in total. The van der Waals surface area contributed by atoms with E-state index in [1.807, 2.05) is 13.8 Å². The van der Waals surface area contributed by atoms with Crippen LogP contribution in [0.3, 0.4) is 0 Å². The molecule has 0 aromatic carbocycles. The molecule has 1 aliphatic rings. The van der Waals surface area contributed by atoms with E-state index in [0.717, 1.165) is 6.42 Å². The normalized spacial score (nSPS) is 33.2. The second-order valence-corrected chi connectivity index (χ2v) is 3.39. The Kier molecular flexibility index (Phi) is 3.48. The molecule has 76 valence electrons. The van der Waals surface area contributed by atoms with Gasteiger partial charge in [0.05, 0.1) is 6.10 Å². The summed E-state index contributed by atoms with van der Waals surface area (Å²) in [6.07, 6.45) is 1.33. The second-order valence-electron chi connectivity index (χ2n) is 3.39. The van der Waals surface area contributed by atoms with Gasteiger partial charge in [-0.3, -0.25) is 0 Å². The van der Waals surface area contributed by atoms with Crippen molar-refractivity contribution in [3.63, 3.8) is 0 Å². The van der Waals surface area contributed by atoms with Gasteiger partial charge in [0, 0.05) is 13.0 Å². The summed E-state index contributed by atoms with van der Waals surface area (Å²) in [5.41, 5.74) is 0. The summed E-state index contributed by atoms with van der Waals surface area (Å²) in [5, 5.41) is 9.40. The van der Waals surface area contributed by atoms with Crippen molar-refractivity contribution in [2.24, 2.45) is 5.92 Å². The summed E-state index contributed by atoms with van der Waals surface area (Å²) in [6, 6.07) is 0. The predicted octanol–water partition coefficient (Wildman–Crippen LogP) is 1.40. The Morgan fingerprint density at radius 3 is 2.77 bits per heavy atom. The zero-order valence-electron chi connectivity index (χ0n) is 7.93. The van der Waals surface area contributed by atoms with Crippen LogP contribution in [0.25, 0.3) is 0 Å². The van der Waals surface area contributed by atoms with Gasteiger partial charge in [-0.15, -0.1) is 10.1 Å².